The third kappa shape index (κ3) is 6.06. The van der Waals surface area contributed by atoms with Gasteiger partial charge in [-0.1, -0.05) is 52.3 Å². The number of aliphatic hydroxyl groups excluding tert-OH is 4. The van der Waals surface area contributed by atoms with Gasteiger partial charge in [-0.25, -0.2) is 4.79 Å². The Morgan fingerprint density at radius 3 is 2.45 bits per heavy atom. The lowest BCUT2D eigenvalue weighted by molar-refractivity contribution is -0.325. The predicted molar refractivity (Wildman–Crippen MR) is 144 cm³/mol. The predicted octanol–water partition coefficient (Wildman–Crippen LogP) is 3.50. The molecular formula is C30H50O8. The van der Waals surface area contributed by atoms with Crippen LogP contribution in [0.1, 0.15) is 80.6 Å². The smallest absolute Gasteiger partial charge is 0.333 e. The van der Waals surface area contributed by atoms with E-state index in [4.69, 9.17) is 14.2 Å². The van der Waals surface area contributed by atoms with Crippen molar-refractivity contribution in [2.45, 2.75) is 123 Å². The van der Waals surface area contributed by atoms with Crippen LogP contribution in [-0.2, 0) is 19.0 Å². The summed E-state index contributed by atoms with van der Waals surface area (Å²) in [5.41, 5.74) is 0.955. The highest BCUT2D eigenvalue weighted by Gasteiger charge is 2.61. The highest BCUT2D eigenvalue weighted by atomic mass is 16.7. The normalized spacial score (nSPS) is 41.6. The van der Waals surface area contributed by atoms with E-state index in [0.717, 1.165) is 25.7 Å². The van der Waals surface area contributed by atoms with Crippen molar-refractivity contribution in [3.8, 4) is 0 Å². The molecule has 0 aromatic rings. The van der Waals surface area contributed by atoms with Gasteiger partial charge in [-0.3, -0.25) is 0 Å². The number of allylic oxidation sites excluding steroid dienone is 2. The van der Waals surface area contributed by atoms with Crippen molar-refractivity contribution in [1.82, 2.24) is 0 Å². The van der Waals surface area contributed by atoms with Gasteiger partial charge < -0.3 is 34.6 Å². The van der Waals surface area contributed by atoms with Gasteiger partial charge in [0.15, 0.2) is 6.29 Å². The van der Waals surface area contributed by atoms with Crippen molar-refractivity contribution < 1.29 is 39.4 Å². The topological polar surface area (TPSA) is 126 Å². The first-order valence-electron chi connectivity index (χ1n) is 14.1. The van der Waals surface area contributed by atoms with Crippen molar-refractivity contribution in [3.63, 3.8) is 0 Å². The van der Waals surface area contributed by atoms with Crippen molar-refractivity contribution in [1.29, 1.82) is 0 Å². The van der Waals surface area contributed by atoms with Crippen LogP contribution in [0.15, 0.2) is 23.8 Å². The van der Waals surface area contributed by atoms with Crippen molar-refractivity contribution in [2.75, 3.05) is 6.61 Å². The monoisotopic (exact) mass is 538 g/mol. The minimum Gasteiger partial charge on any atom is -0.456 e. The van der Waals surface area contributed by atoms with Gasteiger partial charge in [-0.2, -0.15) is 0 Å². The second-order valence-electron chi connectivity index (χ2n) is 13.0. The third-order valence-corrected chi connectivity index (χ3v) is 9.70. The number of rotatable bonds is 9. The van der Waals surface area contributed by atoms with Gasteiger partial charge >= 0.3 is 5.97 Å². The minimum absolute atomic E-state index is 0.182. The summed E-state index contributed by atoms with van der Waals surface area (Å²) in [5.74, 6) is 0.383. The fraction of sp³-hybridized carbons (Fsp3) is 0.833. The average Bonchev–Trinajstić information content (AvgIpc) is 2.82. The van der Waals surface area contributed by atoms with Crippen LogP contribution in [0.25, 0.3) is 0 Å². The van der Waals surface area contributed by atoms with Crippen molar-refractivity contribution >= 4 is 5.97 Å². The van der Waals surface area contributed by atoms with Crippen molar-refractivity contribution in [3.05, 3.63) is 23.8 Å². The Hall–Kier alpha value is -1.29. The Bertz CT molecular complexity index is 883. The SMILES string of the molecule is C=C(C)C(=O)OC1C(OC2OC(C)C(O)C(O)C2O)CC2(C)C(CCC(C)CCO)C(C)=CCC2C1(C)C. The third-order valence-electron chi connectivity index (χ3n) is 9.70. The van der Waals surface area contributed by atoms with E-state index in [1.54, 1.807) is 13.8 Å². The zero-order chi connectivity index (χ0) is 28.6. The number of ether oxygens (including phenoxy) is 3. The van der Waals surface area contributed by atoms with E-state index in [1.165, 1.54) is 5.57 Å². The molecule has 0 aromatic carbocycles. The second-order valence-corrected chi connectivity index (χ2v) is 13.0. The summed E-state index contributed by atoms with van der Waals surface area (Å²) < 4.78 is 18.3. The zero-order valence-corrected chi connectivity index (χ0v) is 24.2. The molecule has 0 bridgehead atoms. The molecule has 4 N–H and O–H groups in total. The van der Waals surface area contributed by atoms with Crippen LogP contribution in [0.5, 0.6) is 0 Å². The Labute approximate surface area is 228 Å². The molecule has 8 nitrogen and oxygen atoms in total. The molecule has 3 rings (SSSR count). The van der Waals surface area contributed by atoms with Crippen LogP contribution < -0.4 is 0 Å². The Morgan fingerprint density at radius 1 is 1.18 bits per heavy atom. The summed E-state index contributed by atoms with van der Waals surface area (Å²) >= 11 is 0. The fourth-order valence-electron chi connectivity index (χ4n) is 7.37. The fourth-order valence-corrected chi connectivity index (χ4v) is 7.37. The zero-order valence-electron chi connectivity index (χ0n) is 24.2. The Morgan fingerprint density at radius 2 is 1.84 bits per heavy atom. The summed E-state index contributed by atoms with van der Waals surface area (Å²) in [4.78, 5) is 12.8. The number of carbonyl (C=O) groups is 1. The number of carbonyl (C=O) groups excluding carboxylic acids is 1. The maximum Gasteiger partial charge on any atom is 0.333 e. The number of hydrogen-bond acceptors (Lipinski definition) is 8. The summed E-state index contributed by atoms with van der Waals surface area (Å²) in [5, 5.41) is 40.7. The first-order chi connectivity index (χ1) is 17.6. The van der Waals surface area contributed by atoms with Crippen LogP contribution >= 0.6 is 0 Å². The standard InChI is InChI=1S/C30H50O8/c1-16(2)27(35)38-26-21(37-28-25(34)24(33)23(32)19(5)36-28)15-30(8)20(11-9-17(3)13-14-31)18(4)10-12-22(30)29(26,6)7/h10,17,19-26,28,31-34H,1,9,11-15H2,2-8H3. The number of fused-ring (bicyclic) bond motifs is 1. The van der Waals surface area contributed by atoms with Crippen LogP contribution in [0.2, 0.25) is 0 Å². The Balaban J connectivity index is 1.98. The summed E-state index contributed by atoms with van der Waals surface area (Å²) in [6, 6.07) is 0. The summed E-state index contributed by atoms with van der Waals surface area (Å²) in [6.07, 6.45) is -0.794. The maximum absolute atomic E-state index is 12.8. The van der Waals surface area contributed by atoms with Gasteiger partial charge in [0.25, 0.3) is 0 Å². The van der Waals surface area contributed by atoms with Crippen LogP contribution in [-0.4, -0.2) is 75.9 Å². The molecular weight excluding hydrogens is 488 g/mol. The summed E-state index contributed by atoms with van der Waals surface area (Å²) in [7, 11) is 0. The lowest BCUT2D eigenvalue weighted by Crippen LogP contribution is -2.64. The van der Waals surface area contributed by atoms with E-state index in [2.05, 4.69) is 47.3 Å². The number of esters is 1. The quantitative estimate of drug-likeness (QED) is 0.200. The van der Waals surface area contributed by atoms with Gasteiger partial charge in [-0.05, 0) is 69.6 Å². The van der Waals surface area contributed by atoms with Crippen LogP contribution in [0.3, 0.4) is 0 Å². The molecule has 3 aliphatic rings. The van der Waals surface area contributed by atoms with E-state index in [-0.39, 0.29) is 23.9 Å². The van der Waals surface area contributed by atoms with E-state index in [0.29, 0.717) is 17.9 Å². The average molecular weight is 539 g/mol. The first kappa shape index (κ1) is 31.2. The molecule has 1 saturated heterocycles. The van der Waals surface area contributed by atoms with Gasteiger partial charge in [0.05, 0.1) is 12.2 Å². The number of hydrogen-bond donors (Lipinski definition) is 4. The molecule has 218 valence electrons. The van der Waals surface area contributed by atoms with Gasteiger partial charge in [0.1, 0.15) is 24.4 Å². The van der Waals surface area contributed by atoms with Crippen LogP contribution in [0, 0.1) is 28.6 Å². The highest BCUT2D eigenvalue weighted by Crippen LogP contribution is 2.62. The van der Waals surface area contributed by atoms with Crippen molar-refractivity contribution in [2.24, 2.45) is 28.6 Å². The molecule has 1 heterocycles. The molecule has 2 aliphatic carbocycles. The lowest BCUT2D eigenvalue weighted by atomic mass is 9.46. The molecule has 11 unspecified atom stereocenters. The molecule has 0 spiro atoms. The maximum atomic E-state index is 12.8. The van der Waals surface area contributed by atoms with E-state index in [9.17, 15) is 25.2 Å². The molecule has 0 amide bonds. The molecule has 2 fully saturated rings. The molecule has 1 aliphatic heterocycles. The molecule has 0 aromatic heterocycles. The lowest BCUT2D eigenvalue weighted by Gasteiger charge is -2.61. The molecule has 1 saturated carbocycles. The summed E-state index contributed by atoms with van der Waals surface area (Å²) in [6.45, 7) is 18.0. The largest absolute Gasteiger partial charge is 0.456 e. The first-order valence-corrected chi connectivity index (χ1v) is 14.1. The minimum atomic E-state index is -1.45. The second kappa shape index (κ2) is 12.1. The van der Waals surface area contributed by atoms with Gasteiger partial charge in [-0.15, -0.1) is 0 Å². The Kier molecular flexibility index (Phi) is 9.92. The van der Waals surface area contributed by atoms with Crippen LogP contribution in [0.4, 0.5) is 0 Å². The highest BCUT2D eigenvalue weighted by molar-refractivity contribution is 5.87. The molecule has 0 radical (unpaired) electrons. The molecule has 38 heavy (non-hydrogen) atoms. The molecule has 8 heteroatoms. The van der Waals surface area contributed by atoms with E-state index < -0.39 is 54.3 Å². The number of aliphatic hydroxyl groups is 4. The van der Waals surface area contributed by atoms with E-state index >= 15 is 0 Å². The molecule has 11 atom stereocenters. The van der Waals surface area contributed by atoms with E-state index in [1.807, 2.05) is 0 Å². The van der Waals surface area contributed by atoms with Gasteiger partial charge in [0, 0.05) is 17.6 Å². The van der Waals surface area contributed by atoms with Gasteiger partial charge in [0.2, 0.25) is 0 Å².